The van der Waals surface area contributed by atoms with E-state index in [1.807, 2.05) is 24.4 Å². The number of hydrogen-bond acceptors (Lipinski definition) is 6. The Bertz CT molecular complexity index is 1290. The highest BCUT2D eigenvalue weighted by molar-refractivity contribution is 7.11. The van der Waals surface area contributed by atoms with E-state index in [-0.39, 0.29) is 24.4 Å². The average Bonchev–Trinajstić information content (AvgIpc) is 3.12. The van der Waals surface area contributed by atoms with Gasteiger partial charge in [0.15, 0.2) is 11.5 Å². The molecule has 2 aromatic carbocycles. The van der Waals surface area contributed by atoms with Crippen LogP contribution in [0.5, 0.6) is 11.5 Å². The number of likely N-dealkylation sites (tertiary alicyclic amines) is 1. The fourth-order valence-corrected chi connectivity index (χ4v) is 6.69. The number of nitrogens with zero attached hydrogens (tertiary/aromatic N) is 2. The van der Waals surface area contributed by atoms with Gasteiger partial charge in [0.05, 0.1) is 17.9 Å². The second-order valence-corrected chi connectivity index (χ2v) is 11.4. The molecule has 5 nitrogen and oxygen atoms in total. The number of rotatable bonds is 7. The summed E-state index contributed by atoms with van der Waals surface area (Å²) in [6, 6.07) is 10.3. The molecule has 2 fully saturated rings. The summed E-state index contributed by atoms with van der Waals surface area (Å²) >= 11 is 8.05. The summed E-state index contributed by atoms with van der Waals surface area (Å²) < 4.78 is 24.7. The number of carbonyl (C=O) groups is 1. The first-order valence-corrected chi connectivity index (χ1v) is 13.2. The lowest BCUT2D eigenvalue weighted by Gasteiger charge is -2.28. The molecule has 0 amide bonds. The van der Waals surface area contributed by atoms with Crippen LogP contribution in [0.2, 0.25) is 5.02 Å². The highest BCUT2D eigenvalue weighted by atomic mass is 35.5. The highest BCUT2D eigenvalue weighted by Crippen LogP contribution is 2.52. The van der Waals surface area contributed by atoms with Crippen molar-refractivity contribution in [3.8, 4) is 11.5 Å². The molecule has 2 atom stereocenters. The number of carbonyl (C=O) groups excluding carboxylic acids is 1. The lowest BCUT2D eigenvalue weighted by Crippen LogP contribution is -2.27. The quantitative estimate of drug-likeness (QED) is 0.392. The fourth-order valence-electron chi connectivity index (χ4n) is 5.34. The SMILES string of the molecule is C[C@H]1CCN([C@H](c2cnc(CC(=O)C3(c4ccc5c(c4)OCO5)CC3)s2)c2ccc(F)cc2Cl)C1. The first kappa shape index (κ1) is 23.0. The van der Waals surface area contributed by atoms with Crippen LogP contribution in [0.15, 0.2) is 42.6 Å². The van der Waals surface area contributed by atoms with E-state index in [0.717, 1.165) is 59.1 Å². The number of aromatic nitrogens is 1. The van der Waals surface area contributed by atoms with Crippen molar-refractivity contribution in [2.75, 3.05) is 19.9 Å². The maximum absolute atomic E-state index is 13.8. The maximum Gasteiger partial charge on any atom is 0.231 e. The number of ether oxygens (including phenoxy) is 2. The van der Waals surface area contributed by atoms with Crippen LogP contribution in [-0.2, 0) is 16.6 Å². The first-order valence-electron chi connectivity index (χ1n) is 12.0. The molecule has 0 bridgehead atoms. The van der Waals surface area contributed by atoms with E-state index in [9.17, 15) is 9.18 Å². The Kier molecular flexibility index (Phi) is 5.82. The lowest BCUT2D eigenvalue weighted by atomic mass is 9.89. The molecule has 35 heavy (non-hydrogen) atoms. The first-order chi connectivity index (χ1) is 16.9. The molecular weight excluding hydrogens is 487 g/mol. The van der Waals surface area contributed by atoms with E-state index in [0.29, 0.717) is 23.1 Å². The van der Waals surface area contributed by atoms with E-state index in [4.69, 9.17) is 21.1 Å². The molecule has 0 unspecified atom stereocenters. The van der Waals surface area contributed by atoms with Crippen molar-refractivity contribution in [2.45, 2.75) is 44.1 Å². The molecule has 1 saturated carbocycles. The third-order valence-corrected chi connectivity index (χ3v) is 8.82. The van der Waals surface area contributed by atoms with Crippen molar-refractivity contribution in [1.82, 2.24) is 9.88 Å². The molecule has 6 rings (SSSR count). The summed E-state index contributed by atoms with van der Waals surface area (Å²) in [6.45, 7) is 4.35. The molecule has 2 aliphatic heterocycles. The minimum Gasteiger partial charge on any atom is -0.454 e. The zero-order valence-corrected chi connectivity index (χ0v) is 21.0. The zero-order chi connectivity index (χ0) is 24.2. The van der Waals surface area contributed by atoms with Crippen molar-refractivity contribution >= 4 is 28.7 Å². The maximum atomic E-state index is 13.8. The van der Waals surface area contributed by atoms with Gasteiger partial charge in [-0.15, -0.1) is 11.3 Å². The van der Waals surface area contributed by atoms with Crippen molar-refractivity contribution in [2.24, 2.45) is 5.92 Å². The number of thiazole rings is 1. The third kappa shape index (κ3) is 4.24. The van der Waals surface area contributed by atoms with Gasteiger partial charge in [0.25, 0.3) is 0 Å². The smallest absolute Gasteiger partial charge is 0.231 e. The standard InChI is InChI=1S/C27H26ClFN2O3S/c1-16-6-9-31(14-16)26(19-4-3-18(29)11-20(19)28)23-13-30-25(35-23)12-24(32)27(7-8-27)17-2-5-21-22(10-17)34-15-33-21/h2-5,10-11,13,16,26H,6-9,12,14-15H2,1H3/t16-,26-/m0/s1. The van der Waals surface area contributed by atoms with Crippen molar-refractivity contribution in [3.63, 3.8) is 0 Å². The summed E-state index contributed by atoms with van der Waals surface area (Å²) in [6.07, 6.45) is 4.93. The van der Waals surface area contributed by atoms with Gasteiger partial charge in [-0.05, 0) is 67.1 Å². The van der Waals surface area contributed by atoms with Gasteiger partial charge in [-0.25, -0.2) is 9.37 Å². The highest BCUT2D eigenvalue weighted by Gasteiger charge is 2.51. The summed E-state index contributed by atoms with van der Waals surface area (Å²) in [4.78, 5) is 21.5. The van der Waals surface area contributed by atoms with Crippen LogP contribution >= 0.6 is 22.9 Å². The van der Waals surface area contributed by atoms with Gasteiger partial charge in [-0.2, -0.15) is 0 Å². The topological polar surface area (TPSA) is 51.7 Å². The van der Waals surface area contributed by atoms with Crippen LogP contribution in [0.1, 0.15) is 53.2 Å². The van der Waals surface area contributed by atoms with Crippen LogP contribution in [0.3, 0.4) is 0 Å². The molecule has 3 heterocycles. The van der Waals surface area contributed by atoms with E-state index < -0.39 is 5.41 Å². The molecule has 0 radical (unpaired) electrons. The summed E-state index contributed by atoms with van der Waals surface area (Å²) in [5, 5.41) is 1.22. The summed E-state index contributed by atoms with van der Waals surface area (Å²) in [7, 11) is 0. The number of fused-ring (bicyclic) bond motifs is 1. The minimum absolute atomic E-state index is 0.0989. The van der Waals surface area contributed by atoms with Gasteiger partial charge in [-0.1, -0.05) is 30.7 Å². The van der Waals surface area contributed by atoms with Crippen LogP contribution in [0, 0.1) is 11.7 Å². The van der Waals surface area contributed by atoms with Gasteiger partial charge in [-0.3, -0.25) is 9.69 Å². The van der Waals surface area contributed by atoms with Crippen LogP contribution in [0.25, 0.3) is 0 Å². The van der Waals surface area contributed by atoms with Crippen molar-refractivity contribution < 1.29 is 18.7 Å². The van der Waals surface area contributed by atoms with Gasteiger partial charge in [0.2, 0.25) is 6.79 Å². The Morgan fingerprint density at radius 1 is 1.26 bits per heavy atom. The summed E-state index contributed by atoms with van der Waals surface area (Å²) in [5.41, 5.74) is 1.41. The number of benzene rings is 2. The Labute approximate surface area is 212 Å². The molecule has 0 spiro atoms. The predicted molar refractivity (Wildman–Crippen MR) is 133 cm³/mol. The van der Waals surface area contributed by atoms with Crippen molar-refractivity contribution in [3.05, 3.63) is 74.4 Å². The van der Waals surface area contributed by atoms with Gasteiger partial charge in [0.1, 0.15) is 16.6 Å². The van der Waals surface area contributed by atoms with Crippen LogP contribution in [-0.4, -0.2) is 35.5 Å². The monoisotopic (exact) mass is 512 g/mol. The van der Waals surface area contributed by atoms with Crippen molar-refractivity contribution in [1.29, 1.82) is 0 Å². The second-order valence-electron chi connectivity index (χ2n) is 9.86. The minimum atomic E-state index is -0.461. The number of Topliss-reactive ketones (excluding diaryl/α,β-unsaturated/α-hetero) is 1. The molecule has 3 aromatic rings. The molecule has 3 aliphatic rings. The average molecular weight is 513 g/mol. The molecule has 1 aromatic heterocycles. The van der Waals surface area contributed by atoms with E-state index in [1.165, 1.54) is 12.1 Å². The summed E-state index contributed by atoms with van der Waals surface area (Å²) in [5.74, 6) is 1.85. The van der Waals surface area contributed by atoms with E-state index in [1.54, 1.807) is 17.4 Å². The Morgan fingerprint density at radius 2 is 2.09 bits per heavy atom. The Morgan fingerprint density at radius 3 is 2.83 bits per heavy atom. The van der Waals surface area contributed by atoms with E-state index in [2.05, 4.69) is 16.8 Å². The van der Waals surface area contributed by atoms with Crippen LogP contribution < -0.4 is 9.47 Å². The van der Waals surface area contributed by atoms with Gasteiger partial charge >= 0.3 is 0 Å². The predicted octanol–water partition coefficient (Wildman–Crippen LogP) is 5.94. The Balaban J connectivity index is 1.25. The molecule has 182 valence electrons. The van der Waals surface area contributed by atoms with Gasteiger partial charge in [0, 0.05) is 22.6 Å². The van der Waals surface area contributed by atoms with E-state index >= 15 is 0 Å². The normalized spacial score (nSPS) is 21.3. The molecule has 0 N–H and O–H groups in total. The largest absolute Gasteiger partial charge is 0.454 e. The number of hydrogen-bond donors (Lipinski definition) is 0. The molecule has 1 aliphatic carbocycles. The number of halogens is 2. The molecule has 1 saturated heterocycles. The second kappa shape index (κ2) is 8.87. The molecular formula is C27H26ClFN2O3S. The zero-order valence-electron chi connectivity index (χ0n) is 19.4. The van der Waals surface area contributed by atoms with Gasteiger partial charge < -0.3 is 9.47 Å². The lowest BCUT2D eigenvalue weighted by molar-refractivity contribution is -0.120. The number of ketones is 1. The Hall–Kier alpha value is -2.48. The third-order valence-electron chi connectivity index (χ3n) is 7.44. The fraction of sp³-hybridized carbons (Fsp3) is 0.407. The van der Waals surface area contributed by atoms with Crippen LogP contribution in [0.4, 0.5) is 4.39 Å². The molecule has 8 heteroatoms.